The molecule has 0 radical (unpaired) electrons. The van der Waals surface area contributed by atoms with Crippen molar-refractivity contribution in [2.45, 2.75) is 138 Å². The van der Waals surface area contributed by atoms with E-state index in [1.165, 1.54) is 83.5 Å². The van der Waals surface area contributed by atoms with Crippen molar-refractivity contribution in [3.8, 4) is 0 Å². The topological polar surface area (TPSA) is 0 Å². The van der Waals surface area contributed by atoms with Crippen LogP contribution in [0.25, 0.3) is 0 Å². The zero-order chi connectivity index (χ0) is 24.2. The third-order valence-electron chi connectivity index (χ3n) is 7.20. The van der Waals surface area contributed by atoms with E-state index in [4.69, 9.17) is 0 Å². The second-order valence-corrected chi connectivity index (χ2v) is 10.1. The zero-order valence-corrected chi connectivity index (χ0v) is 23.1. The van der Waals surface area contributed by atoms with Crippen LogP contribution in [0.15, 0.2) is 24.3 Å². The van der Waals surface area contributed by atoms with Crippen molar-refractivity contribution in [2.24, 2.45) is 0 Å². The van der Waals surface area contributed by atoms with Crippen LogP contribution >= 0.6 is 0 Å². The number of benzene rings is 2. The van der Waals surface area contributed by atoms with Crippen molar-refractivity contribution in [3.05, 3.63) is 68.8 Å². The molecule has 184 valence electrons. The Morgan fingerprint density at radius 2 is 0.697 bits per heavy atom. The highest BCUT2D eigenvalue weighted by atomic mass is 14.2. The zero-order valence-electron chi connectivity index (χ0n) is 23.1. The maximum Gasteiger partial charge on any atom is 0.00871 e. The van der Waals surface area contributed by atoms with Gasteiger partial charge in [-0.05, 0) is 89.5 Å². The molecule has 0 aliphatic rings. The average Bonchev–Trinajstić information content (AvgIpc) is 2.79. The van der Waals surface area contributed by atoms with E-state index in [1.807, 2.05) is 0 Å². The molecule has 0 heteroatoms. The first kappa shape index (κ1) is 27.7. The van der Waals surface area contributed by atoms with Crippen LogP contribution in [0.4, 0.5) is 0 Å². The SMILES string of the molecule is CCCc1cc(C(CC)c2cc(CCC)c(CCC)c(CCC)c2)cc(CCC)c1CCC. The largest absolute Gasteiger partial charge is 0.0651 e. The van der Waals surface area contributed by atoms with Gasteiger partial charge in [0, 0.05) is 5.92 Å². The van der Waals surface area contributed by atoms with Gasteiger partial charge in [-0.15, -0.1) is 0 Å². The number of rotatable bonds is 15. The van der Waals surface area contributed by atoms with E-state index < -0.39 is 0 Å². The van der Waals surface area contributed by atoms with Crippen LogP contribution in [0, 0.1) is 0 Å². The van der Waals surface area contributed by atoms with Crippen molar-refractivity contribution in [3.63, 3.8) is 0 Å². The maximum atomic E-state index is 2.60. The van der Waals surface area contributed by atoms with Gasteiger partial charge < -0.3 is 0 Å². The molecule has 0 saturated heterocycles. The highest BCUT2D eigenvalue weighted by molar-refractivity contribution is 5.47. The van der Waals surface area contributed by atoms with Gasteiger partial charge in [-0.3, -0.25) is 0 Å². The second kappa shape index (κ2) is 14.6. The Morgan fingerprint density at radius 1 is 0.424 bits per heavy atom. The number of hydrogen-bond donors (Lipinski definition) is 0. The standard InChI is InChI=1S/C33H52/c1-8-15-25-21-29(22-26(16-9-2)32(25)19-12-5)31(14-7)30-23-27(17-10-3)33(20-13-6)28(24-30)18-11-4/h21-24,31H,8-20H2,1-7H3. The molecule has 0 aliphatic carbocycles. The Kier molecular flexibility index (Phi) is 12.3. The Bertz CT molecular complexity index is 718. The predicted molar refractivity (Wildman–Crippen MR) is 149 cm³/mol. The lowest BCUT2D eigenvalue weighted by Crippen LogP contribution is -2.09. The van der Waals surface area contributed by atoms with Gasteiger partial charge in [0.25, 0.3) is 0 Å². The van der Waals surface area contributed by atoms with Gasteiger partial charge in [0.15, 0.2) is 0 Å². The summed E-state index contributed by atoms with van der Waals surface area (Å²) in [4.78, 5) is 0. The summed E-state index contributed by atoms with van der Waals surface area (Å²) in [6.45, 7) is 16.4. The lowest BCUT2D eigenvalue weighted by molar-refractivity contribution is 0.749. The van der Waals surface area contributed by atoms with E-state index >= 15 is 0 Å². The van der Waals surface area contributed by atoms with Crippen molar-refractivity contribution in [1.29, 1.82) is 0 Å². The van der Waals surface area contributed by atoms with Gasteiger partial charge in [0.05, 0.1) is 0 Å². The lowest BCUT2D eigenvalue weighted by Gasteiger charge is -2.24. The monoisotopic (exact) mass is 448 g/mol. The van der Waals surface area contributed by atoms with E-state index in [0.29, 0.717) is 5.92 Å². The Labute approximate surface area is 206 Å². The van der Waals surface area contributed by atoms with E-state index in [9.17, 15) is 0 Å². The Hall–Kier alpha value is -1.56. The van der Waals surface area contributed by atoms with Crippen LogP contribution in [0.3, 0.4) is 0 Å². The molecule has 33 heavy (non-hydrogen) atoms. The van der Waals surface area contributed by atoms with E-state index in [0.717, 1.165) is 0 Å². The molecule has 0 aromatic heterocycles. The molecule has 0 heterocycles. The minimum absolute atomic E-state index is 0.508. The molecule has 2 aromatic carbocycles. The third kappa shape index (κ3) is 7.21. The molecule has 0 atom stereocenters. The first-order valence-corrected chi connectivity index (χ1v) is 14.4. The summed E-state index contributed by atoms with van der Waals surface area (Å²) in [6, 6.07) is 10.4. The first-order chi connectivity index (χ1) is 16.1. The molecule has 0 fully saturated rings. The van der Waals surface area contributed by atoms with Crippen LogP contribution < -0.4 is 0 Å². The van der Waals surface area contributed by atoms with Crippen molar-refractivity contribution in [1.82, 2.24) is 0 Å². The summed E-state index contributed by atoms with van der Waals surface area (Å²) in [5.41, 5.74) is 13.0. The van der Waals surface area contributed by atoms with E-state index in [1.54, 1.807) is 44.5 Å². The molecule has 0 saturated carbocycles. The predicted octanol–water partition coefficient (Wildman–Crippen LogP) is 9.94. The third-order valence-corrected chi connectivity index (χ3v) is 7.20. The summed E-state index contributed by atoms with van der Waals surface area (Å²) in [6.07, 6.45) is 15.9. The van der Waals surface area contributed by atoms with Crippen LogP contribution in [0.1, 0.15) is 144 Å². The van der Waals surface area contributed by atoms with Crippen molar-refractivity contribution in [2.75, 3.05) is 0 Å². The van der Waals surface area contributed by atoms with Gasteiger partial charge in [0.2, 0.25) is 0 Å². The first-order valence-electron chi connectivity index (χ1n) is 14.4. The smallest absolute Gasteiger partial charge is 0.00871 e. The maximum absolute atomic E-state index is 2.60. The van der Waals surface area contributed by atoms with Gasteiger partial charge in [0.1, 0.15) is 0 Å². The Morgan fingerprint density at radius 3 is 0.909 bits per heavy atom. The minimum atomic E-state index is 0.508. The van der Waals surface area contributed by atoms with Crippen LogP contribution in [0.2, 0.25) is 0 Å². The van der Waals surface area contributed by atoms with Crippen LogP contribution in [-0.2, 0) is 38.5 Å². The molecular weight excluding hydrogens is 396 g/mol. The van der Waals surface area contributed by atoms with Gasteiger partial charge in [-0.2, -0.15) is 0 Å². The molecule has 0 spiro atoms. The molecule has 2 rings (SSSR count). The minimum Gasteiger partial charge on any atom is -0.0651 e. The normalized spacial score (nSPS) is 11.5. The second-order valence-electron chi connectivity index (χ2n) is 10.1. The van der Waals surface area contributed by atoms with Crippen molar-refractivity contribution >= 4 is 0 Å². The molecular formula is C33H52. The molecule has 0 bridgehead atoms. The summed E-state index contributed by atoms with van der Waals surface area (Å²) < 4.78 is 0. The number of hydrogen-bond acceptors (Lipinski definition) is 0. The molecule has 2 aromatic rings. The summed E-state index contributed by atoms with van der Waals surface area (Å²) in [7, 11) is 0. The number of aryl methyl sites for hydroxylation is 4. The van der Waals surface area contributed by atoms with Crippen LogP contribution in [0.5, 0.6) is 0 Å². The highest BCUT2D eigenvalue weighted by Crippen LogP contribution is 2.35. The van der Waals surface area contributed by atoms with Gasteiger partial charge in [-0.1, -0.05) is 111 Å². The fourth-order valence-corrected chi connectivity index (χ4v) is 5.83. The average molecular weight is 449 g/mol. The quantitative estimate of drug-likeness (QED) is 0.254. The fourth-order valence-electron chi connectivity index (χ4n) is 5.83. The summed E-state index contributed by atoms with van der Waals surface area (Å²) in [5, 5.41) is 0. The van der Waals surface area contributed by atoms with E-state index in [-0.39, 0.29) is 0 Å². The Balaban J connectivity index is 2.67. The molecule has 0 aliphatic heterocycles. The van der Waals surface area contributed by atoms with Crippen LogP contribution in [-0.4, -0.2) is 0 Å². The molecule has 0 N–H and O–H groups in total. The highest BCUT2D eigenvalue weighted by Gasteiger charge is 2.20. The molecule has 0 amide bonds. The lowest BCUT2D eigenvalue weighted by atomic mass is 9.80. The summed E-state index contributed by atoms with van der Waals surface area (Å²) in [5.74, 6) is 0.508. The van der Waals surface area contributed by atoms with Crippen molar-refractivity contribution < 1.29 is 0 Å². The van der Waals surface area contributed by atoms with Gasteiger partial charge in [-0.25, -0.2) is 0 Å². The molecule has 0 nitrogen and oxygen atoms in total. The fraction of sp³-hybridized carbons (Fsp3) is 0.636. The van der Waals surface area contributed by atoms with E-state index in [2.05, 4.69) is 72.7 Å². The molecule has 0 unspecified atom stereocenters. The summed E-state index contributed by atoms with van der Waals surface area (Å²) >= 11 is 0. The van der Waals surface area contributed by atoms with Gasteiger partial charge >= 0.3 is 0 Å².